The van der Waals surface area contributed by atoms with E-state index in [2.05, 4.69) is 5.32 Å². The molecule has 0 bridgehead atoms. The van der Waals surface area contributed by atoms with E-state index < -0.39 is 15.9 Å². The molecule has 0 aliphatic heterocycles. The molecule has 0 fully saturated rings. The smallest absolute Gasteiger partial charge is 0.339 e. The number of rotatable bonds is 8. The average molecular weight is 473 g/mol. The molecule has 0 radical (unpaired) electrons. The maximum Gasteiger partial charge on any atom is 0.339 e. The highest BCUT2D eigenvalue weighted by atomic mass is 32.2. The van der Waals surface area contributed by atoms with Crippen molar-refractivity contribution in [1.29, 1.82) is 0 Å². The lowest BCUT2D eigenvalue weighted by Gasteiger charge is -2.27. The van der Waals surface area contributed by atoms with Crippen molar-refractivity contribution >= 4 is 21.8 Å². The third kappa shape index (κ3) is 6.45. The summed E-state index contributed by atoms with van der Waals surface area (Å²) in [4.78, 5) is 14.3. The molecule has 7 nitrogen and oxygen atoms in total. The average Bonchev–Trinajstić information content (AvgIpc) is 2.78. The van der Waals surface area contributed by atoms with Gasteiger partial charge < -0.3 is 19.1 Å². The molecule has 2 amide bonds. The first kappa shape index (κ1) is 24.1. The molecule has 3 aromatic carbocycles. The van der Waals surface area contributed by atoms with Gasteiger partial charge in [0.15, 0.2) is 0 Å². The zero-order chi connectivity index (χ0) is 24.0. The van der Waals surface area contributed by atoms with Crippen LogP contribution in [0.2, 0.25) is 0 Å². The number of amides is 2. The van der Waals surface area contributed by atoms with E-state index in [-0.39, 0.29) is 22.7 Å². The van der Waals surface area contributed by atoms with Crippen LogP contribution < -0.4 is 14.2 Å². The standard InChI is InChI=1S/C24H25FN2O5S/c1-17(2)27(24(28)26-20-5-4-6-22(15-20)31-3)16-18-7-11-21(12-8-18)32-33(29,30)23-13-9-19(25)10-14-23/h4-15,17H,16H2,1-3H3,(H,26,28). The molecule has 0 saturated heterocycles. The number of nitrogens with zero attached hydrogens (tertiary/aromatic N) is 1. The molecule has 174 valence electrons. The second-order valence-corrected chi connectivity index (χ2v) is 9.07. The molecule has 1 N–H and O–H groups in total. The molecule has 0 unspecified atom stereocenters. The van der Waals surface area contributed by atoms with E-state index in [1.54, 1.807) is 48.4 Å². The summed E-state index contributed by atoms with van der Waals surface area (Å²) in [6, 6.07) is 17.5. The number of anilines is 1. The normalized spacial score (nSPS) is 11.2. The van der Waals surface area contributed by atoms with Gasteiger partial charge in [0.2, 0.25) is 0 Å². The highest BCUT2D eigenvalue weighted by molar-refractivity contribution is 7.87. The first-order valence-corrected chi connectivity index (χ1v) is 11.6. The predicted octanol–water partition coefficient (Wildman–Crippen LogP) is 5.04. The van der Waals surface area contributed by atoms with Crippen LogP contribution in [0.4, 0.5) is 14.9 Å². The van der Waals surface area contributed by atoms with Gasteiger partial charge in [0.1, 0.15) is 22.2 Å². The van der Waals surface area contributed by atoms with Gasteiger partial charge in [-0.05, 0) is 67.9 Å². The summed E-state index contributed by atoms with van der Waals surface area (Å²) in [6.07, 6.45) is 0. The molecule has 0 aliphatic carbocycles. The Bertz CT molecular complexity index is 1200. The Morgan fingerprint density at radius 3 is 2.27 bits per heavy atom. The van der Waals surface area contributed by atoms with Gasteiger partial charge in [0, 0.05) is 24.3 Å². The summed E-state index contributed by atoms with van der Waals surface area (Å²) in [7, 11) is -2.53. The van der Waals surface area contributed by atoms with Crippen LogP contribution >= 0.6 is 0 Å². The molecular weight excluding hydrogens is 447 g/mol. The van der Waals surface area contributed by atoms with Crippen molar-refractivity contribution in [1.82, 2.24) is 4.90 Å². The van der Waals surface area contributed by atoms with E-state index in [1.807, 2.05) is 13.8 Å². The molecule has 0 atom stereocenters. The summed E-state index contributed by atoms with van der Waals surface area (Å²) in [5, 5.41) is 2.86. The van der Waals surface area contributed by atoms with Gasteiger partial charge in [-0.1, -0.05) is 18.2 Å². The van der Waals surface area contributed by atoms with Crippen LogP contribution in [0.15, 0.2) is 77.7 Å². The predicted molar refractivity (Wildman–Crippen MR) is 123 cm³/mol. The Kier molecular flexibility index (Phi) is 7.55. The third-order valence-electron chi connectivity index (χ3n) is 4.79. The minimum atomic E-state index is -4.08. The summed E-state index contributed by atoms with van der Waals surface area (Å²) in [6.45, 7) is 4.11. The van der Waals surface area contributed by atoms with E-state index >= 15 is 0 Å². The number of nitrogens with one attached hydrogen (secondary N) is 1. The molecule has 0 aliphatic rings. The van der Waals surface area contributed by atoms with Gasteiger partial charge in [-0.3, -0.25) is 0 Å². The van der Waals surface area contributed by atoms with E-state index in [0.29, 0.717) is 18.0 Å². The molecule has 33 heavy (non-hydrogen) atoms. The number of ether oxygens (including phenoxy) is 1. The maximum absolute atomic E-state index is 13.0. The Morgan fingerprint density at radius 1 is 1.00 bits per heavy atom. The largest absolute Gasteiger partial charge is 0.497 e. The molecule has 9 heteroatoms. The Labute approximate surface area is 192 Å². The van der Waals surface area contributed by atoms with Crippen LogP contribution in [0.1, 0.15) is 19.4 Å². The second-order valence-electron chi connectivity index (χ2n) is 7.52. The second kappa shape index (κ2) is 10.4. The zero-order valence-electron chi connectivity index (χ0n) is 18.5. The summed E-state index contributed by atoms with van der Waals surface area (Å²) >= 11 is 0. The highest BCUT2D eigenvalue weighted by Gasteiger charge is 2.19. The summed E-state index contributed by atoms with van der Waals surface area (Å²) < 4.78 is 48.1. The molecular formula is C24H25FN2O5S. The number of carbonyl (C=O) groups excluding carboxylic acids is 1. The van der Waals surface area contributed by atoms with Crippen molar-refractivity contribution in [3.05, 3.63) is 84.2 Å². The van der Waals surface area contributed by atoms with E-state index in [4.69, 9.17) is 8.92 Å². The Hall–Kier alpha value is -3.59. The van der Waals surface area contributed by atoms with Gasteiger partial charge in [0.05, 0.1) is 7.11 Å². The fraction of sp³-hybridized carbons (Fsp3) is 0.208. The van der Waals surface area contributed by atoms with Crippen molar-refractivity contribution in [2.45, 2.75) is 31.3 Å². The van der Waals surface area contributed by atoms with Gasteiger partial charge in [-0.25, -0.2) is 9.18 Å². The lowest BCUT2D eigenvalue weighted by Crippen LogP contribution is -2.39. The molecule has 0 heterocycles. The number of carbonyl (C=O) groups is 1. The third-order valence-corrected chi connectivity index (χ3v) is 6.05. The van der Waals surface area contributed by atoms with Gasteiger partial charge in [-0.2, -0.15) is 8.42 Å². The van der Waals surface area contributed by atoms with Gasteiger partial charge in [0.25, 0.3) is 0 Å². The highest BCUT2D eigenvalue weighted by Crippen LogP contribution is 2.22. The quantitative estimate of drug-likeness (QED) is 0.464. The Morgan fingerprint density at radius 2 is 1.67 bits per heavy atom. The van der Waals surface area contributed by atoms with Crippen LogP contribution in [0.3, 0.4) is 0 Å². The monoisotopic (exact) mass is 472 g/mol. The molecule has 3 aromatic rings. The lowest BCUT2D eigenvalue weighted by molar-refractivity contribution is 0.193. The number of urea groups is 1. The fourth-order valence-electron chi connectivity index (χ4n) is 3.01. The fourth-order valence-corrected chi connectivity index (χ4v) is 3.94. The molecule has 3 rings (SSSR count). The SMILES string of the molecule is COc1cccc(NC(=O)N(Cc2ccc(OS(=O)(=O)c3ccc(F)cc3)cc2)C(C)C)c1. The Balaban J connectivity index is 1.68. The van der Waals surface area contributed by atoms with Crippen molar-refractivity contribution in [3.63, 3.8) is 0 Å². The van der Waals surface area contributed by atoms with Crippen molar-refractivity contribution in [2.75, 3.05) is 12.4 Å². The minimum Gasteiger partial charge on any atom is -0.497 e. The maximum atomic E-state index is 13.0. The topological polar surface area (TPSA) is 84.9 Å². The van der Waals surface area contributed by atoms with Crippen molar-refractivity contribution < 1.29 is 26.5 Å². The van der Waals surface area contributed by atoms with E-state index in [0.717, 1.165) is 29.8 Å². The van der Waals surface area contributed by atoms with Crippen LogP contribution in [0.25, 0.3) is 0 Å². The molecule has 0 aromatic heterocycles. The number of halogens is 1. The zero-order valence-corrected chi connectivity index (χ0v) is 19.3. The molecule has 0 saturated carbocycles. The van der Waals surface area contributed by atoms with Gasteiger partial charge in [-0.15, -0.1) is 0 Å². The van der Waals surface area contributed by atoms with E-state index in [9.17, 15) is 17.6 Å². The first-order chi connectivity index (χ1) is 15.7. The first-order valence-electron chi connectivity index (χ1n) is 10.2. The molecule has 0 spiro atoms. The van der Waals surface area contributed by atoms with Crippen LogP contribution in [-0.2, 0) is 16.7 Å². The summed E-state index contributed by atoms with van der Waals surface area (Å²) in [5.74, 6) is 0.207. The number of hydrogen-bond donors (Lipinski definition) is 1. The number of methoxy groups -OCH3 is 1. The number of hydrogen-bond acceptors (Lipinski definition) is 5. The van der Waals surface area contributed by atoms with Crippen LogP contribution in [0, 0.1) is 5.82 Å². The summed E-state index contributed by atoms with van der Waals surface area (Å²) in [5.41, 5.74) is 1.40. The number of benzene rings is 3. The van der Waals surface area contributed by atoms with Crippen molar-refractivity contribution in [2.24, 2.45) is 0 Å². The van der Waals surface area contributed by atoms with Crippen LogP contribution in [0.5, 0.6) is 11.5 Å². The van der Waals surface area contributed by atoms with E-state index in [1.165, 1.54) is 12.1 Å². The van der Waals surface area contributed by atoms with Gasteiger partial charge >= 0.3 is 16.1 Å². The lowest BCUT2D eigenvalue weighted by atomic mass is 10.2. The van der Waals surface area contributed by atoms with Crippen molar-refractivity contribution in [3.8, 4) is 11.5 Å². The van der Waals surface area contributed by atoms with Crippen LogP contribution in [-0.4, -0.2) is 32.5 Å². The minimum absolute atomic E-state index is 0.0922.